The van der Waals surface area contributed by atoms with Crippen LogP contribution in [0.25, 0.3) is 0 Å². The smallest absolute Gasteiger partial charge is 0.410 e. The Morgan fingerprint density at radius 2 is 2.00 bits per heavy atom. The van der Waals surface area contributed by atoms with E-state index in [1.165, 1.54) is 17.0 Å². The van der Waals surface area contributed by atoms with E-state index < -0.39 is 26.8 Å². The molecular weight excluding hydrogens is 316 g/mol. The van der Waals surface area contributed by atoms with Gasteiger partial charge in [0, 0.05) is 13.1 Å². The van der Waals surface area contributed by atoms with Gasteiger partial charge in [-0.2, -0.15) is 5.26 Å². The first-order chi connectivity index (χ1) is 10.6. The zero-order valence-electron chi connectivity index (χ0n) is 13.4. The summed E-state index contributed by atoms with van der Waals surface area (Å²) in [5.41, 5.74) is -0.496. The van der Waals surface area contributed by atoms with Crippen molar-refractivity contribution in [1.29, 1.82) is 5.26 Å². The van der Waals surface area contributed by atoms with Gasteiger partial charge in [-0.05, 0) is 39.3 Å². The lowest BCUT2D eigenvalue weighted by Gasteiger charge is -2.24. The number of benzene rings is 1. The van der Waals surface area contributed by atoms with Gasteiger partial charge in [0.05, 0.1) is 15.7 Å². The minimum Gasteiger partial charge on any atom is -0.444 e. The van der Waals surface area contributed by atoms with Crippen molar-refractivity contribution in [3.8, 4) is 6.07 Å². The highest BCUT2D eigenvalue weighted by molar-refractivity contribution is 7.92. The minimum atomic E-state index is -3.66. The number of nitriles is 1. The SMILES string of the molecule is CC(C)(C)OC(=O)N1CC[C@@H](S(=O)(=O)c2ccccc2C#N)C1. The highest BCUT2D eigenvalue weighted by Gasteiger charge is 2.38. The fraction of sp³-hybridized carbons (Fsp3) is 0.500. The monoisotopic (exact) mass is 336 g/mol. The lowest BCUT2D eigenvalue weighted by Crippen LogP contribution is -2.36. The summed E-state index contributed by atoms with van der Waals surface area (Å²) in [7, 11) is -3.66. The van der Waals surface area contributed by atoms with Gasteiger partial charge in [-0.1, -0.05) is 12.1 Å². The maximum atomic E-state index is 12.7. The Hall–Kier alpha value is -2.07. The van der Waals surface area contributed by atoms with Crippen molar-refractivity contribution in [2.75, 3.05) is 13.1 Å². The number of hydrogen-bond donors (Lipinski definition) is 0. The fourth-order valence-electron chi connectivity index (χ4n) is 2.46. The highest BCUT2D eigenvalue weighted by Crippen LogP contribution is 2.27. The molecule has 1 heterocycles. The lowest BCUT2D eigenvalue weighted by atomic mass is 10.2. The van der Waals surface area contributed by atoms with Crippen LogP contribution in [0.1, 0.15) is 32.8 Å². The molecule has 1 aromatic carbocycles. The third-order valence-electron chi connectivity index (χ3n) is 3.55. The van der Waals surface area contributed by atoms with E-state index in [4.69, 9.17) is 10.00 Å². The number of nitrogens with zero attached hydrogens (tertiary/aromatic N) is 2. The number of sulfone groups is 1. The van der Waals surface area contributed by atoms with Gasteiger partial charge in [0.15, 0.2) is 9.84 Å². The number of ether oxygens (including phenoxy) is 1. The maximum absolute atomic E-state index is 12.7. The number of amides is 1. The predicted octanol–water partition coefficient (Wildman–Crippen LogP) is 2.34. The Bertz CT molecular complexity index is 744. The summed E-state index contributed by atoms with van der Waals surface area (Å²) in [6, 6.07) is 8.04. The summed E-state index contributed by atoms with van der Waals surface area (Å²) < 4.78 is 30.7. The zero-order valence-corrected chi connectivity index (χ0v) is 14.3. The van der Waals surface area contributed by atoms with Crippen LogP contribution in [0.15, 0.2) is 29.2 Å². The summed E-state index contributed by atoms with van der Waals surface area (Å²) >= 11 is 0. The number of carbonyl (C=O) groups excluding carboxylic acids is 1. The highest BCUT2D eigenvalue weighted by atomic mass is 32.2. The molecule has 2 rings (SSSR count). The third-order valence-corrected chi connectivity index (χ3v) is 5.78. The molecule has 0 spiro atoms. The van der Waals surface area contributed by atoms with Crippen molar-refractivity contribution in [3.05, 3.63) is 29.8 Å². The van der Waals surface area contributed by atoms with Gasteiger partial charge in [-0.25, -0.2) is 13.2 Å². The van der Waals surface area contributed by atoms with E-state index in [1.54, 1.807) is 32.9 Å². The molecule has 1 atom stereocenters. The van der Waals surface area contributed by atoms with E-state index in [0.29, 0.717) is 13.0 Å². The fourth-order valence-corrected chi connectivity index (χ4v) is 4.30. The molecule has 0 aliphatic carbocycles. The van der Waals surface area contributed by atoms with E-state index in [2.05, 4.69) is 0 Å². The van der Waals surface area contributed by atoms with Crippen molar-refractivity contribution in [2.24, 2.45) is 0 Å². The Labute approximate surface area is 136 Å². The second-order valence-electron chi connectivity index (χ2n) is 6.49. The number of hydrogen-bond acceptors (Lipinski definition) is 5. The quantitative estimate of drug-likeness (QED) is 0.827. The van der Waals surface area contributed by atoms with E-state index in [1.807, 2.05) is 6.07 Å². The number of rotatable bonds is 2. The molecule has 1 aromatic rings. The summed E-state index contributed by atoms with van der Waals surface area (Å²) in [4.78, 5) is 13.5. The predicted molar refractivity (Wildman–Crippen MR) is 84.6 cm³/mol. The summed E-state index contributed by atoms with van der Waals surface area (Å²) in [6.45, 7) is 5.69. The average Bonchev–Trinajstić information content (AvgIpc) is 2.96. The molecule has 0 aromatic heterocycles. The molecule has 0 radical (unpaired) electrons. The topological polar surface area (TPSA) is 87.5 Å². The van der Waals surface area contributed by atoms with Gasteiger partial charge in [0.1, 0.15) is 11.7 Å². The van der Waals surface area contributed by atoms with E-state index >= 15 is 0 Å². The van der Waals surface area contributed by atoms with Gasteiger partial charge < -0.3 is 9.64 Å². The number of likely N-dealkylation sites (tertiary alicyclic amines) is 1. The molecule has 1 amide bonds. The molecule has 1 aliphatic heterocycles. The normalized spacial score (nSPS) is 18.5. The molecule has 23 heavy (non-hydrogen) atoms. The first-order valence-corrected chi connectivity index (χ1v) is 8.91. The van der Waals surface area contributed by atoms with Crippen LogP contribution in [-0.2, 0) is 14.6 Å². The Morgan fingerprint density at radius 1 is 1.35 bits per heavy atom. The van der Waals surface area contributed by atoms with Crippen molar-refractivity contribution in [2.45, 2.75) is 42.9 Å². The molecule has 1 saturated heterocycles. The molecular formula is C16H20N2O4S. The first kappa shape index (κ1) is 17.3. The summed E-state index contributed by atoms with van der Waals surface area (Å²) in [5, 5.41) is 8.38. The summed E-state index contributed by atoms with van der Waals surface area (Å²) in [5.74, 6) is 0. The van der Waals surface area contributed by atoms with Crippen molar-refractivity contribution in [3.63, 3.8) is 0 Å². The van der Waals surface area contributed by atoms with Gasteiger partial charge in [-0.15, -0.1) is 0 Å². The Balaban J connectivity index is 2.18. The van der Waals surface area contributed by atoms with E-state index in [9.17, 15) is 13.2 Å². The van der Waals surface area contributed by atoms with Crippen LogP contribution in [-0.4, -0.2) is 43.4 Å². The van der Waals surface area contributed by atoms with Crippen molar-refractivity contribution >= 4 is 15.9 Å². The van der Waals surface area contributed by atoms with Crippen LogP contribution in [0.2, 0.25) is 0 Å². The summed E-state index contributed by atoms with van der Waals surface area (Å²) in [6.07, 6.45) is -0.176. The molecule has 1 fully saturated rings. The number of carbonyl (C=O) groups is 1. The third kappa shape index (κ3) is 3.82. The maximum Gasteiger partial charge on any atom is 0.410 e. The first-order valence-electron chi connectivity index (χ1n) is 7.36. The van der Waals surface area contributed by atoms with Crippen LogP contribution in [0, 0.1) is 11.3 Å². The van der Waals surface area contributed by atoms with Crippen LogP contribution in [0.4, 0.5) is 4.79 Å². The lowest BCUT2D eigenvalue weighted by molar-refractivity contribution is 0.0295. The van der Waals surface area contributed by atoms with Gasteiger partial charge >= 0.3 is 6.09 Å². The largest absolute Gasteiger partial charge is 0.444 e. The standard InChI is InChI=1S/C16H20N2O4S/c1-16(2,3)22-15(19)18-9-8-13(11-18)23(20,21)14-7-5-4-6-12(14)10-17/h4-7,13H,8-9,11H2,1-3H3/t13-/m1/s1. The second kappa shape index (κ2) is 6.20. The molecule has 1 aliphatic rings. The van der Waals surface area contributed by atoms with Crippen LogP contribution < -0.4 is 0 Å². The zero-order chi connectivity index (χ0) is 17.3. The van der Waals surface area contributed by atoms with Gasteiger partial charge in [0.25, 0.3) is 0 Å². The minimum absolute atomic E-state index is 0.0264. The van der Waals surface area contributed by atoms with Gasteiger partial charge in [0.2, 0.25) is 0 Å². The molecule has 124 valence electrons. The Kier molecular flexibility index (Phi) is 4.66. The molecule has 0 unspecified atom stereocenters. The molecule has 0 saturated carbocycles. The van der Waals surface area contributed by atoms with E-state index in [0.717, 1.165) is 0 Å². The van der Waals surface area contributed by atoms with E-state index in [-0.39, 0.29) is 17.0 Å². The van der Waals surface area contributed by atoms with Crippen molar-refractivity contribution < 1.29 is 17.9 Å². The van der Waals surface area contributed by atoms with Gasteiger partial charge in [-0.3, -0.25) is 0 Å². The van der Waals surface area contributed by atoms with Crippen molar-refractivity contribution in [1.82, 2.24) is 4.90 Å². The van der Waals surface area contributed by atoms with Crippen LogP contribution >= 0.6 is 0 Å². The van der Waals surface area contributed by atoms with Crippen LogP contribution in [0.3, 0.4) is 0 Å². The second-order valence-corrected chi connectivity index (χ2v) is 8.69. The molecule has 7 heteroatoms. The molecule has 6 nitrogen and oxygen atoms in total. The molecule has 0 N–H and O–H groups in total. The average molecular weight is 336 g/mol. The molecule has 0 bridgehead atoms. The van der Waals surface area contributed by atoms with Crippen LogP contribution in [0.5, 0.6) is 0 Å². The Morgan fingerprint density at radius 3 is 2.61 bits per heavy atom.